The van der Waals surface area contributed by atoms with Gasteiger partial charge in [-0.05, 0) is 19.8 Å². The van der Waals surface area contributed by atoms with Crippen molar-refractivity contribution >= 4 is 17.5 Å². The fourth-order valence-corrected chi connectivity index (χ4v) is 1.99. The molecule has 2 atom stereocenters. The van der Waals surface area contributed by atoms with E-state index < -0.39 is 0 Å². The van der Waals surface area contributed by atoms with E-state index in [1.54, 1.807) is 0 Å². The van der Waals surface area contributed by atoms with Gasteiger partial charge in [0.15, 0.2) is 0 Å². The Morgan fingerprint density at radius 3 is 3.12 bits per heavy atom. The lowest BCUT2D eigenvalue weighted by molar-refractivity contribution is 0.0136. The van der Waals surface area contributed by atoms with Crippen molar-refractivity contribution < 1.29 is 9.53 Å². The normalized spacial score (nSPS) is 24.4. The van der Waals surface area contributed by atoms with Crippen molar-refractivity contribution in [3.05, 3.63) is 23.2 Å². The molecule has 1 saturated heterocycles. The number of ether oxygens (including phenoxy) is 1. The van der Waals surface area contributed by atoms with Gasteiger partial charge in [0, 0.05) is 12.6 Å². The summed E-state index contributed by atoms with van der Waals surface area (Å²) in [5.41, 5.74) is 0.247. The monoisotopic (exact) mass is 255 g/mol. The van der Waals surface area contributed by atoms with Crippen LogP contribution in [-0.4, -0.2) is 34.6 Å². The van der Waals surface area contributed by atoms with Gasteiger partial charge in [0.1, 0.15) is 10.8 Å². The molecule has 2 heterocycles. The molecule has 92 valence electrons. The van der Waals surface area contributed by atoms with E-state index >= 15 is 0 Å². The second-order valence-corrected chi connectivity index (χ2v) is 4.49. The Labute approximate surface area is 105 Å². The number of nitrogens with zero attached hydrogens (tertiary/aromatic N) is 2. The van der Waals surface area contributed by atoms with Crippen LogP contribution in [0.15, 0.2) is 12.4 Å². The molecule has 2 rings (SSSR count). The molecule has 0 aromatic carbocycles. The highest BCUT2D eigenvalue weighted by molar-refractivity contribution is 6.29. The third-order valence-electron chi connectivity index (χ3n) is 2.66. The third kappa shape index (κ3) is 3.38. The van der Waals surface area contributed by atoms with E-state index in [2.05, 4.69) is 15.3 Å². The van der Waals surface area contributed by atoms with Crippen LogP contribution in [0.1, 0.15) is 30.3 Å². The number of amides is 1. The summed E-state index contributed by atoms with van der Waals surface area (Å²) in [7, 11) is 0. The lowest BCUT2D eigenvalue weighted by atomic mass is 10.0. The predicted molar refractivity (Wildman–Crippen MR) is 62.9 cm³/mol. The molecule has 0 radical (unpaired) electrons. The fraction of sp³-hybridized carbons (Fsp3) is 0.545. The Balaban J connectivity index is 1.97. The molecule has 0 spiro atoms. The maximum Gasteiger partial charge on any atom is 0.271 e. The zero-order valence-electron chi connectivity index (χ0n) is 9.52. The molecule has 1 aliphatic heterocycles. The number of rotatable bonds is 2. The van der Waals surface area contributed by atoms with Gasteiger partial charge in [0.05, 0.1) is 18.5 Å². The predicted octanol–water partition coefficient (Wildman–Crippen LogP) is 1.43. The van der Waals surface area contributed by atoms with Crippen molar-refractivity contribution in [3.8, 4) is 0 Å². The van der Waals surface area contributed by atoms with E-state index in [-0.39, 0.29) is 28.9 Å². The van der Waals surface area contributed by atoms with E-state index in [0.29, 0.717) is 6.61 Å². The Morgan fingerprint density at radius 1 is 1.59 bits per heavy atom. The van der Waals surface area contributed by atoms with Crippen LogP contribution in [0.3, 0.4) is 0 Å². The molecule has 1 aromatic rings. The number of halogens is 1. The van der Waals surface area contributed by atoms with Crippen LogP contribution in [0.5, 0.6) is 0 Å². The summed E-state index contributed by atoms with van der Waals surface area (Å²) in [4.78, 5) is 19.6. The average Bonchev–Trinajstić information content (AvgIpc) is 2.29. The van der Waals surface area contributed by atoms with Crippen molar-refractivity contribution in [1.29, 1.82) is 0 Å². The molecule has 2 unspecified atom stereocenters. The second-order valence-electron chi connectivity index (χ2n) is 4.10. The summed E-state index contributed by atoms with van der Waals surface area (Å²) < 4.78 is 5.41. The van der Waals surface area contributed by atoms with E-state index in [1.165, 1.54) is 12.4 Å². The van der Waals surface area contributed by atoms with Gasteiger partial charge in [-0.1, -0.05) is 11.6 Å². The molecule has 0 aliphatic carbocycles. The summed E-state index contributed by atoms with van der Waals surface area (Å²) in [5, 5.41) is 3.13. The standard InChI is InChI=1S/C11H14ClN3O2/c1-7-4-8(2-3-17-7)14-11(16)9-5-13-6-10(12)15-9/h5-8H,2-4H2,1H3,(H,14,16). The molecular formula is C11H14ClN3O2. The number of nitrogens with one attached hydrogen (secondary N) is 1. The average molecular weight is 256 g/mol. The van der Waals surface area contributed by atoms with Gasteiger partial charge in [0.2, 0.25) is 0 Å². The zero-order valence-corrected chi connectivity index (χ0v) is 10.3. The molecule has 6 heteroatoms. The molecule has 0 saturated carbocycles. The molecule has 5 nitrogen and oxygen atoms in total. The van der Waals surface area contributed by atoms with E-state index in [4.69, 9.17) is 16.3 Å². The molecule has 1 aromatic heterocycles. The van der Waals surface area contributed by atoms with Crippen molar-refractivity contribution in [3.63, 3.8) is 0 Å². The van der Waals surface area contributed by atoms with Crippen LogP contribution in [0.2, 0.25) is 5.15 Å². The highest BCUT2D eigenvalue weighted by atomic mass is 35.5. The van der Waals surface area contributed by atoms with Crippen LogP contribution in [0.25, 0.3) is 0 Å². The highest BCUT2D eigenvalue weighted by Crippen LogP contribution is 2.13. The molecule has 1 fully saturated rings. The summed E-state index contributed by atoms with van der Waals surface area (Å²) in [6.07, 6.45) is 4.63. The number of aromatic nitrogens is 2. The smallest absolute Gasteiger partial charge is 0.271 e. The maximum atomic E-state index is 11.9. The molecular weight excluding hydrogens is 242 g/mol. The lowest BCUT2D eigenvalue weighted by Crippen LogP contribution is -2.41. The summed E-state index contributed by atoms with van der Waals surface area (Å²) in [6.45, 7) is 2.67. The zero-order chi connectivity index (χ0) is 12.3. The Hall–Kier alpha value is -1.20. The van der Waals surface area contributed by atoms with E-state index in [1.807, 2.05) is 6.92 Å². The van der Waals surface area contributed by atoms with Crippen LogP contribution in [0, 0.1) is 0 Å². The van der Waals surface area contributed by atoms with Gasteiger partial charge >= 0.3 is 0 Å². The third-order valence-corrected chi connectivity index (χ3v) is 2.84. The van der Waals surface area contributed by atoms with Crippen LogP contribution < -0.4 is 5.32 Å². The highest BCUT2D eigenvalue weighted by Gasteiger charge is 2.21. The molecule has 17 heavy (non-hydrogen) atoms. The van der Waals surface area contributed by atoms with Crippen LogP contribution in [-0.2, 0) is 4.74 Å². The van der Waals surface area contributed by atoms with Crippen molar-refractivity contribution in [1.82, 2.24) is 15.3 Å². The summed E-state index contributed by atoms with van der Waals surface area (Å²) in [5.74, 6) is -0.237. The molecule has 1 amide bonds. The van der Waals surface area contributed by atoms with Gasteiger partial charge < -0.3 is 10.1 Å². The van der Waals surface area contributed by atoms with Crippen LogP contribution in [0.4, 0.5) is 0 Å². The first-order valence-electron chi connectivity index (χ1n) is 5.55. The van der Waals surface area contributed by atoms with E-state index in [0.717, 1.165) is 12.8 Å². The minimum absolute atomic E-state index is 0.132. The van der Waals surface area contributed by atoms with E-state index in [9.17, 15) is 4.79 Å². The Morgan fingerprint density at radius 2 is 2.41 bits per heavy atom. The fourth-order valence-electron chi connectivity index (χ4n) is 1.84. The SMILES string of the molecule is CC1CC(NC(=O)c2cncc(Cl)n2)CCO1. The van der Waals surface area contributed by atoms with Crippen molar-refractivity contribution in [2.24, 2.45) is 0 Å². The van der Waals surface area contributed by atoms with Gasteiger partial charge in [-0.3, -0.25) is 9.78 Å². The van der Waals surface area contributed by atoms with Crippen molar-refractivity contribution in [2.45, 2.75) is 31.9 Å². The largest absolute Gasteiger partial charge is 0.378 e. The molecule has 1 N–H and O–H groups in total. The van der Waals surface area contributed by atoms with Crippen LogP contribution >= 0.6 is 11.6 Å². The second kappa shape index (κ2) is 5.42. The lowest BCUT2D eigenvalue weighted by Gasteiger charge is -2.27. The quantitative estimate of drug-likeness (QED) is 0.868. The number of carbonyl (C=O) groups excluding carboxylic acids is 1. The maximum absolute atomic E-state index is 11.9. The van der Waals surface area contributed by atoms with Gasteiger partial charge in [-0.2, -0.15) is 0 Å². The number of hydrogen-bond acceptors (Lipinski definition) is 4. The minimum atomic E-state index is -0.237. The Kier molecular flexibility index (Phi) is 3.91. The van der Waals surface area contributed by atoms with Gasteiger partial charge in [0.25, 0.3) is 5.91 Å². The molecule has 0 bridgehead atoms. The first-order chi connectivity index (χ1) is 8.15. The minimum Gasteiger partial charge on any atom is -0.378 e. The number of carbonyl (C=O) groups is 1. The topological polar surface area (TPSA) is 64.1 Å². The van der Waals surface area contributed by atoms with Crippen molar-refractivity contribution in [2.75, 3.05) is 6.61 Å². The number of hydrogen-bond donors (Lipinski definition) is 1. The first-order valence-corrected chi connectivity index (χ1v) is 5.93. The summed E-state index contributed by atoms with van der Waals surface area (Å²) >= 11 is 5.68. The van der Waals surface area contributed by atoms with Gasteiger partial charge in [-0.15, -0.1) is 0 Å². The summed E-state index contributed by atoms with van der Waals surface area (Å²) in [6, 6.07) is 0.132. The Bertz CT molecular complexity index is 413. The van der Waals surface area contributed by atoms with Gasteiger partial charge in [-0.25, -0.2) is 4.98 Å². The molecule has 1 aliphatic rings. The first kappa shape index (κ1) is 12.3.